The third kappa shape index (κ3) is 2.94. The second-order valence-corrected chi connectivity index (χ2v) is 7.30. The summed E-state index contributed by atoms with van der Waals surface area (Å²) in [6, 6.07) is 0.0107. The molecule has 0 bridgehead atoms. The standard InChI is InChI=1S/C13H26N2O2S/c1-7-13(5)12(16)15(10(4)8-18(6)17)11(14-13)9(2)3/h9-11,14H,7-8H2,1-6H3. The lowest BCUT2D eigenvalue weighted by Gasteiger charge is -2.32. The second kappa shape index (κ2) is 5.70. The molecule has 18 heavy (non-hydrogen) atoms. The van der Waals surface area contributed by atoms with E-state index in [1.165, 1.54) is 0 Å². The van der Waals surface area contributed by atoms with E-state index in [1.54, 1.807) is 6.26 Å². The average molecular weight is 274 g/mol. The summed E-state index contributed by atoms with van der Waals surface area (Å²) in [5.41, 5.74) is -0.474. The van der Waals surface area contributed by atoms with Crippen LogP contribution in [0, 0.1) is 5.92 Å². The van der Waals surface area contributed by atoms with Crippen LogP contribution in [0.2, 0.25) is 0 Å². The predicted molar refractivity (Wildman–Crippen MR) is 75.7 cm³/mol. The largest absolute Gasteiger partial charge is 0.322 e. The molecule has 1 rings (SSSR count). The maximum atomic E-state index is 12.6. The van der Waals surface area contributed by atoms with E-state index in [2.05, 4.69) is 19.2 Å². The van der Waals surface area contributed by atoms with Gasteiger partial charge in [0.25, 0.3) is 0 Å². The van der Waals surface area contributed by atoms with Crippen LogP contribution in [0.25, 0.3) is 0 Å². The van der Waals surface area contributed by atoms with Crippen LogP contribution in [0.4, 0.5) is 0 Å². The zero-order valence-corrected chi connectivity index (χ0v) is 13.1. The van der Waals surface area contributed by atoms with Crippen LogP contribution in [0.3, 0.4) is 0 Å². The van der Waals surface area contributed by atoms with E-state index in [4.69, 9.17) is 0 Å². The number of hydrogen-bond donors (Lipinski definition) is 1. The highest BCUT2D eigenvalue weighted by molar-refractivity contribution is 7.84. The first-order valence-corrected chi connectivity index (χ1v) is 8.36. The lowest BCUT2D eigenvalue weighted by molar-refractivity contribution is -0.134. The minimum absolute atomic E-state index is 0.0107. The van der Waals surface area contributed by atoms with Gasteiger partial charge in [0, 0.05) is 28.9 Å². The summed E-state index contributed by atoms with van der Waals surface area (Å²) in [4.78, 5) is 14.5. The smallest absolute Gasteiger partial charge is 0.244 e. The van der Waals surface area contributed by atoms with Crippen molar-refractivity contribution in [3.8, 4) is 0 Å². The number of nitrogens with one attached hydrogen (secondary N) is 1. The van der Waals surface area contributed by atoms with Gasteiger partial charge in [0.05, 0.1) is 11.7 Å². The summed E-state index contributed by atoms with van der Waals surface area (Å²) in [5, 5.41) is 3.45. The van der Waals surface area contributed by atoms with Gasteiger partial charge in [0.1, 0.15) is 0 Å². The van der Waals surface area contributed by atoms with Crippen LogP contribution in [-0.2, 0) is 15.6 Å². The van der Waals surface area contributed by atoms with Gasteiger partial charge < -0.3 is 4.90 Å². The molecule has 0 aromatic carbocycles. The van der Waals surface area contributed by atoms with Gasteiger partial charge in [0.15, 0.2) is 0 Å². The van der Waals surface area contributed by atoms with Crippen molar-refractivity contribution >= 4 is 16.7 Å². The van der Waals surface area contributed by atoms with E-state index in [1.807, 2.05) is 25.7 Å². The fourth-order valence-electron chi connectivity index (χ4n) is 2.50. The topological polar surface area (TPSA) is 49.4 Å². The highest BCUT2D eigenvalue weighted by Gasteiger charge is 2.49. The van der Waals surface area contributed by atoms with Gasteiger partial charge in [-0.3, -0.25) is 14.3 Å². The summed E-state index contributed by atoms with van der Waals surface area (Å²) < 4.78 is 11.4. The van der Waals surface area contributed by atoms with Gasteiger partial charge in [-0.1, -0.05) is 20.8 Å². The molecule has 0 aliphatic carbocycles. The summed E-state index contributed by atoms with van der Waals surface area (Å²) in [6.07, 6.45) is 2.50. The molecule has 1 heterocycles. The molecule has 1 fully saturated rings. The molecule has 4 atom stereocenters. The summed E-state index contributed by atoms with van der Waals surface area (Å²) in [6.45, 7) is 10.2. The van der Waals surface area contributed by atoms with Gasteiger partial charge in [-0.25, -0.2) is 0 Å². The lowest BCUT2D eigenvalue weighted by Crippen LogP contribution is -2.48. The molecule has 0 aromatic heterocycles. The van der Waals surface area contributed by atoms with Crippen LogP contribution >= 0.6 is 0 Å². The fourth-order valence-corrected chi connectivity index (χ4v) is 3.34. The first-order chi connectivity index (χ1) is 8.23. The fraction of sp³-hybridized carbons (Fsp3) is 0.923. The molecule has 1 aliphatic rings. The van der Waals surface area contributed by atoms with E-state index in [9.17, 15) is 9.00 Å². The Kier molecular flexibility index (Phi) is 4.95. The molecule has 4 unspecified atom stereocenters. The molecule has 0 spiro atoms. The van der Waals surface area contributed by atoms with Crippen LogP contribution in [0.5, 0.6) is 0 Å². The van der Waals surface area contributed by atoms with E-state index in [0.717, 1.165) is 6.42 Å². The molecule has 0 radical (unpaired) electrons. The molecule has 1 amide bonds. The Morgan fingerprint density at radius 2 is 2.00 bits per heavy atom. The molecule has 0 saturated carbocycles. The van der Waals surface area contributed by atoms with Crippen LogP contribution < -0.4 is 5.32 Å². The van der Waals surface area contributed by atoms with Crippen LogP contribution in [0.15, 0.2) is 0 Å². The Morgan fingerprint density at radius 3 is 2.39 bits per heavy atom. The zero-order valence-electron chi connectivity index (χ0n) is 12.3. The summed E-state index contributed by atoms with van der Waals surface area (Å²) in [7, 11) is -0.883. The first-order valence-electron chi connectivity index (χ1n) is 6.63. The minimum atomic E-state index is -0.883. The maximum Gasteiger partial charge on any atom is 0.244 e. The van der Waals surface area contributed by atoms with Gasteiger partial charge >= 0.3 is 0 Å². The quantitative estimate of drug-likeness (QED) is 0.823. The van der Waals surface area contributed by atoms with Gasteiger partial charge in [0.2, 0.25) is 5.91 Å². The summed E-state index contributed by atoms with van der Waals surface area (Å²) in [5.74, 6) is 1.02. The Labute approximate surface area is 113 Å². The van der Waals surface area contributed by atoms with Gasteiger partial charge in [-0.05, 0) is 26.2 Å². The molecule has 4 nitrogen and oxygen atoms in total. The molecular formula is C13H26N2O2S. The first kappa shape index (κ1) is 15.6. The minimum Gasteiger partial charge on any atom is -0.322 e. The number of rotatable bonds is 5. The monoisotopic (exact) mass is 274 g/mol. The number of hydrogen-bond acceptors (Lipinski definition) is 3. The van der Waals surface area contributed by atoms with E-state index < -0.39 is 16.3 Å². The highest BCUT2D eigenvalue weighted by Crippen LogP contribution is 2.29. The molecule has 1 aliphatic heterocycles. The SMILES string of the molecule is CCC1(C)NC(C(C)C)N(C(C)CS(C)=O)C1=O. The highest BCUT2D eigenvalue weighted by atomic mass is 32.2. The van der Waals surface area contributed by atoms with Crippen molar-refractivity contribution in [2.24, 2.45) is 5.92 Å². The van der Waals surface area contributed by atoms with Crippen molar-refractivity contribution < 1.29 is 9.00 Å². The Balaban J connectivity index is 2.98. The third-order valence-electron chi connectivity index (χ3n) is 3.76. The van der Waals surface area contributed by atoms with Crippen LogP contribution in [0.1, 0.15) is 41.0 Å². The Hall–Kier alpha value is -0.420. The number of carbonyl (C=O) groups excluding carboxylic acids is 1. The number of carbonyl (C=O) groups is 1. The van der Waals surface area contributed by atoms with Gasteiger partial charge in [-0.15, -0.1) is 0 Å². The third-order valence-corrected chi connectivity index (χ3v) is 4.71. The summed E-state index contributed by atoms with van der Waals surface area (Å²) >= 11 is 0. The average Bonchev–Trinajstić information content (AvgIpc) is 2.52. The van der Waals surface area contributed by atoms with Crippen LogP contribution in [-0.4, -0.2) is 44.8 Å². The predicted octanol–water partition coefficient (Wildman–Crippen LogP) is 1.34. The molecular weight excluding hydrogens is 248 g/mol. The number of nitrogens with zero attached hydrogens (tertiary/aromatic N) is 1. The van der Waals surface area contributed by atoms with E-state index in [-0.39, 0.29) is 18.1 Å². The van der Waals surface area contributed by atoms with E-state index in [0.29, 0.717) is 11.7 Å². The van der Waals surface area contributed by atoms with Crippen molar-refractivity contribution in [2.45, 2.75) is 58.8 Å². The van der Waals surface area contributed by atoms with Crippen molar-refractivity contribution in [1.29, 1.82) is 0 Å². The molecule has 1 saturated heterocycles. The van der Waals surface area contributed by atoms with Gasteiger partial charge in [-0.2, -0.15) is 0 Å². The molecule has 0 aromatic rings. The second-order valence-electron chi connectivity index (χ2n) is 5.82. The Morgan fingerprint density at radius 1 is 1.44 bits per heavy atom. The van der Waals surface area contributed by atoms with Crippen molar-refractivity contribution in [3.05, 3.63) is 0 Å². The van der Waals surface area contributed by atoms with E-state index >= 15 is 0 Å². The van der Waals surface area contributed by atoms with Crippen molar-refractivity contribution in [3.63, 3.8) is 0 Å². The normalized spacial score (nSPS) is 32.1. The molecule has 106 valence electrons. The Bertz CT molecular complexity index is 346. The van der Waals surface area contributed by atoms with Crippen molar-refractivity contribution in [1.82, 2.24) is 10.2 Å². The molecule has 5 heteroatoms. The maximum absolute atomic E-state index is 12.6. The zero-order chi connectivity index (χ0) is 14.1. The van der Waals surface area contributed by atoms with Crippen molar-refractivity contribution in [2.75, 3.05) is 12.0 Å². The lowest BCUT2D eigenvalue weighted by atomic mass is 9.99. The number of amides is 1. The molecule has 1 N–H and O–H groups in total.